The zero-order valence-corrected chi connectivity index (χ0v) is 12.4. The van der Waals surface area contributed by atoms with Crippen molar-refractivity contribution in [3.8, 4) is 0 Å². The molecule has 0 aromatic heterocycles. The van der Waals surface area contributed by atoms with E-state index < -0.39 is 0 Å². The summed E-state index contributed by atoms with van der Waals surface area (Å²) in [5.74, 6) is 0.653. The van der Waals surface area contributed by atoms with Crippen molar-refractivity contribution in [3.05, 3.63) is 33.8 Å². The summed E-state index contributed by atoms with van der Waals surface area (Å²) in [7, 11) is 0. The monoisotopic (exact) mass is 286 g/mol. The van der Waals surface area contributed by atoms with E-state index >= 15 is 0 Å². The van der Waals surface area contributed by atoms with E-state index in [0.717, 1.165) is 26.2 Å². The van der Waals surface area contributed by atoms with E-state index in [1.807, 2.05) is 12.1 Å². The van der Waals surface area contributed by atoms with Crippen LogP contribution >= 0.6 is 23.2 Å². The molecule has 0 amide bonds. The maximum atomic E-state index is 6.07. The summed E-state index contributed by atoms with van der Waals surface area (Å²) >= 11 is 12.0. The molecule has 1 fully saturated rings. The summed E-state index contributed by atoms with van der Waals surface area (Å²) in [6, 6.07) is 6.51. The average molecular weight is 287 g/mol. The van der Waals surface area contributed by atoms with Crippen LogP contribution in [-0.2, 0) is 6.54 Å². The number of piperazine rings is 1. The van der Waals surface area contributed by atoms with Crippen LogP contribution in [0.3, 0.4) is 0 Å². The molecule has 4 heteroatoms. The Balaban J connectivity index is 2.08. The Hall–Kier alpha value is -0.280. The van der Waals surface area contributed by atoms with E-state index in [4.69, 9.17) is 23.2 Å². The predicted molar refractivity (Wildman–Crippen MR) is 78.4 cm³/mol. The largest absolute Gasteiger partial charge is 0.314 e. The van der Waals surface area contributed by atoms with Gasteiger partial charge in [0.25, 0.3) is 0 Å². The summed E-state index contributed by atoms with van der Waals surface area (Å²) in [5, 5.41) is 4.73. The van der Waals surface area contributed by atoms with Gasteiger partial charge in [-0.2, -0.15) is 0 Å². The Kier molecular flexibility index (Phi) is 4.91. The lowest BCUT2D eigenvalue weighted by Gasteiger charge is -2.38. The Morgan fingerprint density at radius 1 is 1.33 bits per heavy atom. The quantitative estimate of drug-likeness (QED) is 0.916. The Morgan fingerprint density at radius 3 is 2.78 bits per heavy atom. The van der Waals surface area contributed by atoms with Gasteiger partial charge in [0.2, 0.25) is 0 Å². The van der Waals surface area contributed by atoms with Crippen molar-refractivity contribution in [2.45, 2.75) is 26.4 Å². The first-order valence-electron chi connectivity index (χ1n) is 6.46. The van der Waals surface area contributed by atoms with Crippen LogP contribution in [0.2, 0.25) is 10.0 Å². The SMILES string of the molecule is CC(C)C1CNCCN1Cc1ccc(Cl)c(Cl)c1. The smallest absolute Gasteiger partial charge is 0.0595 e. The first-order valence-corrected chi connectivity index (χ1v) is 7.22. The molecule has 0 bridgehead atoms. The molecule has 2 rings (SSSR count). The fourth-order valence-electron chi connectivity index (χ4n) is 2.49. The van der Waals surface area contributed by atoms with Gasteiger partial charge in [0, 0.05) is 32.2 Å². The summed E-state index contributed by atoms with van der Waals surface area (Å²) in [4.78, 5) is 2.53. The van der Waals surface area contributed by atoms with Crippen molar-refractivity contribution in [1.82, 2.24) is 10.2 Å². The molecule has 1 aliphatic heterocycles. The molecule has 1 N–H and O–H groups in total. The van der Waals surface area contributed by atoms with Crippen molar-refractivity contribution in [2.24, 2.45) is 5.92 Å². The average Bonchev–Trinajstić information content (AvgIpc) is 2.34. The highest BCUT2D eigenvalue weighted by Crippen LogP contribution is 2.24. The lowest BCUT2D eigenvalue weighted by Crippen LogP contribution is -2.52. The van der Waals surface area contributed by atoms with Crippen LogP contribution < -0.4 is 5.32 Å². The van der Waals surface area contributed by atoms with Crippen molar-refractivity contribution in [1.29, 1.82) is 0 Å². The van der Waals surface area contributed by atoms with Crippen molar-refractivity contribution >= 4 is 23.2 Å². The summed E-state index contributed by atoms with van der Waals surface area (Å²) < 4.78 is 0. The zero-order valence-electron chi connectivity index (χ0n) is 10.9. The highest BCUT2D eigenvalue weighted by molar-refractivity contribution is 6.42. The topological polar surface area (TPSA) is 15.3 Å². The second kappa shape index (κ2) is 6.25. The normalized spacial score (nSPS) is 21.5. The Morgan fingerprint density at radius 2 is 2.11 bits per heavy atom. The van der Waals surface area contributed by atoms with E-state index in [2.05, 4.69) is 30.1 Å². The highest BCUT2D eigenvalue weighted by Gasteiger charge is 2.24. The van der Waals surface area contributed by atoms with Crippen LogP contribution in [0.25, 0.3) is 0 Å². The Bertz CT molecular complexity index is 407. The van der Waals surface area contributed by atoms with Gasteiger partial charge in [-0.05, 0) is 23.6 Å². The van der Waals surface area contributed by atoms with Crippen LogP contribution in [0.1, 0.15) is 19.4 Å². The van der Waals surface area contributed by atoms with E-state index in [9.17, 15) is 0 Å². The fourth-order valence-corrected chi connectivity index (χ4v) is 2.81. The van der Waals surface area contributed by atoms with Crippen LogP contribution in [-0.4, -0.2) is 30.6 Å². The van der Waals surface area contributed by atoms with Gasteiger partial charge < -0.3 is 5.32 Å². The molecule has 1 saturated heterocycles. The molecule has 0 aliphatic carbocycles. The van der Waals surface area contributed by atoms with Gasteiger partial charge >= 0.3 is 0 Å². The van der Waals surface area contributed by atoms with Gasteiger partial charge in [-0.1, -0.05) is 43.1 Å². The molecule has 1 unspecified atom stereocenters. The minimum atomic E-state index is 0.591. The molecule has 1 atom stereocenters. The van der Waals surface area contributed by atoms with Gasteiger partial charge in [0.15, 0.2) is 0 Å². The first-order chi connectivity index (χ1) is 8.58. The molecule has 2 nitrogen and oxygen atoms in total. The highest BCUT2D eigenvalue weighted by atomic mass is 35.5. The second-order valence-corrected chi connectivity index (χ2v) is 6.05. The van der Waals surface area contributed by atoms with Gasteiger partial charge in [-0.25, -0.2) is 0 Å². The molecule has 0 spiro atoms. The minimum absolute atomic E-state index is 0.591. The number of nitrogens with one attached hydrogen (secondary N) is 1. The number of hydrogen-bond donors (Lipinski definition) is 1. The van der Waals surface area contributed by atoms with E-state index in [1.165, 1.54) is 5.56 Å². The third-order valence-corrected chi connectivity index (χ3v) is 4.28. The fraction of sp³-hybridized carbons (Fsp3) is 0.571. The van der Waals surface area contributed by atoms with Crippen molar-refractivity contribution in [2.75, 3.05) is 19.6 Å². The Labute approximate surface area is 119 Å². The second-order valence-electron chi connectivity index (χ2n) is 5.23. The van der Waals surface area contributed by atoms with Crippen LogP contribution in [0.15, 0.2) is 18.2 Å². The third kappa shape index (κ3) is 3.39. The zero-order chi connectivity index (χ0) is 13.1. The number of benzene rings is 1. The third-order valence-electron chi connectivity index (χ3n) is 3.54. The molecular weight excluding hydrogens is 267 g/mol. The standard InChI is InChI=1S/C14H20Cl2N2/c1-10(2)14-8-17-5-6-18(14)9-11-3-4-12(15)13(16)7-11/h3-4,7,10,14,17H,5-6,8-9H2,1-2H3. The number of hydrogen-bond acceptors (Lipinski definition) is 2. The molecule has 100 valence electrons. The maximum absolute atomic E-state index is 6.07. The van der Waals surface area contributed by atoms with Crippen LogP contribution in [0, 0.1) is 5.92 Å². The molecule has 0 saturated carbocycles. The molecule has 0 radical (unpaired) electrons. The van der Waals surface area contributed by atoms with Gasteiger partial charge in [0.05, 0.1) is 10.0 Å². The number of nitrogens with zero attached hydrogens (tertiary/aromatic N) is 1. The lowest BCUT2D eigenvalue weighted by atomic mass is 10.00. The molecule has 1 aromatic rings. The predicted octanol–water partition coefficient (Wildman–Crippen LogP) is 3.42. The minimum Gasteiger partial charge on any atom is -0.314 e. The summed E-state index contributed by atoms with van der Waals surface area (Å²) in [6.45, 7) is 8.72. The number of halogens is 2. The first kappa shape index (κ1) is 14.1. The number of rotatable bonds is 3. The van der Waals surface area contributed by atoms with Crippen molar-refractivity contribution in [3.63, 3.8) is 0 Å². The molecule has 1 aromatic carbocycles. The van der Waals surface area contributed by atoms with E-state index in [1.54, 1.807) is 0 Å². The van der Waals surface area contributed by atoms with E-state index in [0.29, 0.717) is 22.0 Å². The summed E-state index contributed by atoms with van der Waals surface area (Å²) in [6.07, 6.45) is 0. The summed E-state index contributed by atoms with van der Waals surface area (Å²) in [5.41, 5.74) is 1.23. The maximum Gasteiger partial charge on any atom is 0.0595 e. The van der Waals surface area contributed by atoms with Gasteiger partial charge in [0.1, 0.15) is 0 Å². The lowest BCUT2D eigenvalue weighted by molar-refractivity contribution is 0.117. The molecular formula is C14H20Cl2N2. The van der Waals surface area contributed by atoms with Crippen molar-refractivity contribution < 1.29 is 0 Å². The van der Waals surface area contributed by atoms with Gasteiger partial charge in [-0.3, -0.25) is 4.90 Å². The molecule has 1 aliphatic rings. The molecule has 18 heavy (non-hydrogen) atoms. The van der Waals surface area contributed by atoms with Gasteiger partial charge in [-0.15, -0.1) is 0 Å². The molecule has 1 heterocycles. The van der Waals surface area contributed by atoms with Crippen LogP contribution in [0.4, 0.5) is 0 Å². The van der Waals surface area contributed by atoms with E-state index in [-0.39, 0.29) is 0 Å². The van der Waals surface area contributed by atoms with Crippen LogP contribution in [0.5, 0.6) is 0 Å².